The molecular formula is C14H19IN2O2. The third-order valence-corrected chi connectivity index (χ3v) is 4.54. The first-order chi connectivity index (χ1) is 9.08. The minimum atomic E-state index is -0.120. The number of carbonyl (C=O) groups is 1. The van der Waals surface area contributed by atoms with Crippen LogP contribution in [0.25, 0.3) is 0 Å². The van der Waals surface area contributed by atoms with Crippen molar-refractivity contribution < 1.29 is 9.90 Å². The van der Waals surface area contributed by atoms with E-state index in [1.165, 1.54) is 18.9 Å². The van der Waals surface area contributed by atoms with Gasteiger partial charge in [0.25, 0.3) is 5.91 Å². The quantitative estimate of drug-likeness (QED) is 0.798. The van der Waals surface area contributed by atoms with Gasteiger partial charge >= 0.3 is 0 Å². The molecule has 104 valence electrons. The van der Waals surface area contributed by atoms with Crippen molar-refractivity contribution in [1.82, 2.24) is 10.2 Å². The van der Waals surface area contributed by atoms with Crippen molar-refractivity contribution in [1.29, 1.82) is 0 Å². The molecule has 0 spiro atoms. The SMILES string of the molecule is CN1CCCCC1CNC(=O)c1ccc(I)c(O)c1. The molecule has 1 aliphatic heterocycles. The molecule has 1 aromatic rings. The Balaban J connectivity index is 1.91. The molecule has 1 heterocycles. The van der Waals surface area contributed by atoms with Crippen molar-refractivity contribution in [2.75, 3.05) is 20.1 Å². The van der Waals surface area contributed by atoms with Gasteiger partial charge in [0.05, 0.1) is 3.57 Å². The van der Waals surface area contributed by atoms with Gasteiger partial charge in [0.1, 0.15) is 5.75 Å². The number of aromatic hydroxyl groups is 1. The summed E-state index contributed by atoms with van der Waals surface area (Å²) in [5.74, 6) is 0.0358. The number of benzene rings is 1. The number of rotatable bonds is 3. The molecule has 4 nitrogen and oxygen atoms in total. The van der Waals surface area contributed by atoms with E-state index in [0.717, 1.165) is 16.5 Å². The summed E-state index contributed by atoms with van der Waals surface area (Å²) in [5.41, 5.74) is 0.511. The van der Waals surface area contributed by atoms with E-state index in [9.17, 15) is 9.90 Å². The van der Waals surface area contributed by atoms with Crippen LogP contribution < -0.4 is 5.32 Å². The van der Waals surface area contributed by atoms with Crippen LogP contribution in [0.3, 0.4) is 0 Å². The summed E-state index contributed by atoms with van der Waals surface area (Å²) in [6, 6.07) is 5.43. The number of hydrogen-bond donors (Lipinski definition) is 2. The van der Waals surface area contributed by atoms with Gasteiger partial charge in [0, 0.05) is 18.2 Å². The zero-order chi connectivity index (χ0) is 13.8. The van der Waals surface area contributed by atoms with E-state index >= 15 is 0 Å². The van der Waals surface area contributed by atoms with Gasteiger partial charge in [-0.3, -0.25) is 4.79 Å². The molecule has 19 heavy (non-hydrogen) atoms. The highest BCUT2D eigenvalue weighted by Gasteiger charge is 2.19. The maximum Gasteiger partial charge on any atom is 0.251 e. The van der Waals surface area contributed by atoms with Crippen LogP contribution in [-0.4, -0.2) is 42.1 Å². The number of phenols is 1. The Hall–Kier alpha value is -0.820. The lowest BCUT2D eigenvalue weighted by atomic mass is 10.0. The molecule has 0 saturated carbocycles. The van der Waals surface area contributed by atoms with Gasteiger partial charge in [-0.05, 0) is 67.2 Å². The molecule has 5 heteroatoms. The number of piperidine rings is 1. The molecule has 0 aromatic heterocycles. The minimum Gasteiger partial charge on any atom is -0.507 e. The molecule has 1 aromatic carbocycles. The summed E-state index contributed by atoms with van der Waals surface area (Å²) >= 11 is 2.04. The summed E-state index contributed by atoms with van der Waals surface area (Å²) < 4.78 is 0.751. The zero-order valence-corrected chi connectivity index (χ0v) is 13.2. The second kappa shape index (κ2) is 6.56. The number of amides is 1. The Morgan fingerprint density at radius 3 is 3.00 bits per heavy atom. The van der Waals surface area contributed by atoms with E-state index < -0.39 is 0 Å². The normalized spacial score (nSPS) is 20.2. The first-order valence-electron chi connectivity index (χ1n) is 6.55. The van der Waals surface area contributed by atoms with Crippen molar-refractivity contribution in [2.24, 2.45) is 0 Å². The van der Waals surface area contributed by atoms with Crippen molar-refractivity contribution in [3.63, 3.8) is 0 Å². The first-order valence-corrected chi connectivity index (χ1v) is 7.63. The Morgan fingerprint density at radius 1 is 1.53 bits per heavy atom. The lowest BCUT2D eigenvalue weighted by Gasteiger charge is -2.32. The van der Waals surface area contributed by atoms with Gasteiger partial charge in [-0.1, -0.05) is 6.42 Å². The number of phenolic OH excluding ortho intramolecular Hbond substituents is 1. The van der Waals surface area contributed by atoms with Crippen LogP contribution >= 0.6 is 22.6 Å². The summed E-state index contributed by atoms with van der Waals surface area (Å²) in [4.78, 5) is 14.3. The lowest BCUT2D eigenvalue weighted by Crippen LogP contribution is -2.44. The van der Waals surface area contributed by atoms with E-state index in [1.54, 1.807) is 12.1 Å². The van der Waals surface area contributed by atoms with Gasteiger partial charge in [-0.2, -0.15) is 0 Å². The highest BCUT2D eigenvalue weighted by Crippen LogP contribution is 2.20. The van der Waals surface area contributed by atoms with Crippen molar-refractivity contribution in [2.45, 2.75) is 25.3 Å². The molecule has 2 rings (SSSR count). The Kier molecular flexibility index (Phi) is 5.04. The summed E-state index contributed by atoms with van der Waals surface area (Å²) in [7, 11) is 2.10. The van der Waals surface area contributed by atoms with Crippen LogP contribution in [0, 0.1) is 3.57 Å². The third-order valence-electron chi connectivity index (χ3n) is 3.63. The molecule has 1 amide bonds. The summed E-state index contributed by atoms with van der Waals surface area (Å²) in [6.45, 7) is 1.77. The second-order valence-electron chi connectivity index (χ2n) is 5.01. The average molecular weight is 374 g/mol. The van der Waals surface area contributed by atoms with Crippen LogP contribution in [0.5, 0.6) is 5.75 Å². The van der Waals surface area contributed by atoms with Crippen molar-refractivity contribution >= 4 is 28.5 Å². The Labute approximate surface area is 127 Å². The monoisotopic (exact) mass is 374 g/mol. The molecule has 0 radical (unpaired) electrons. The van der Waals surface area contributed by atoms with E-state index in [2.05, 4.69) is 17.3 Å². The predicted octanol–water partition coefficient (Wildman–Crippen LogP) is 2.21. The fourth-order valence-corrected chi connectivity index (χ4v) is 2.70. The number of nitrogens with one attached hydrogen (secondary N) is 1. The number of hydrogen-bond acceptors (Lipinski definition) is 3. The average Bonchev–Trinajstić information content (AvgIpc) is 2.40. The van der Waals surface area contributed by atoms with Crippen molar-refractivity contribution in [3.8, 4) is 5.75 Å². The topological polar surface area (TPSA) is 52.6 Å². The number of nitrogens with zero attached hydrogens (tertiary/aromatic N) is 1. The van der Waals surface area contributed by atoms with Crippen molar-refractivity contribution in [3.05, 3.63) is 27.3 Å². The largest absolute Gasteiger partial charge is 0.507 e. The highest BCUT2D eigenvalue weighted by molar-refractivity contribution is 14.1. The Bertz CT molecular complexity index is 465. The fourth-order valence-electron chi connectivity index (χ4n) is 2.37. The molecule has 1 saturated heterocycles. The molecule has 1 aliphatic rings. The zero-order valence-electron chi connectivity index (χ0n) is 11.0. The van der Waals surface area contributed by atoms with Crippen LogP contribution in [0.1, 0.15) is 29.6 Å². The first kappa shape index (κ1) is 14.6. The van der Waals surface area contributed by atoms with Gasteiger partial charge in [-0.25, -0.2) is 0 Å². The van der Waals surface area contributed by atoms with E-state index in [0.29, 0.717) is 18.2 Å². The maximum atomic E-state index is 12.0. The molecule has 1 unspecified atom stereocenters. The minimum absolute atomic E-state index is 0.120. The van der Waals surface area contributed by atoms with Crippen LogP contribution in [0.4, 0.5) is 0 Å². The lowest BCUT2D eigenvalue weighted by molar-refractivity contribution is 0.0928. The van der Waals surface area contributed by atoms with E-state index in [4.69, 9.17) is 0 Å². The van der Waals surface area contributed by atoms with E-state index in [-0.39, 0.29) is 11.7 Å². The maximum absolute atomic E-state index is 12.0. The molecule has 0 aliphatic carbocycles. The molecule has 1 atom stereocenters. The Morgan fingerprint density at radius 2 is 2.32 bits per heavy atom. The predicted molar refractivity (Wildman–Crippen MR) is 83.4 cm³/mol. The standard InChI is InChI=1S/C14H19IN2O2/c1-17-7-3-2-4-11(17)9-16-14(19)10-5-6-12(15)13(18)8-10/h5-6,8,11,18H,2-4,7,9H2,1H3,(H,16,19). The molecular weight excluding hydrogens is 355 g/mol. The van der Waals surface area contributed by atoms with Gasteiger partial charge < -0.3 is 15.3 Å². The number of likely N-dealkylation sites (N-methyl/N-ethyl adjacent to an activating group) is 1. The van der Waals surface area contributed by atoms with Crippen LogP contribution in [0.15, 0.2) is 18.2 Å². The number of likely N-dealkylation sites (tertiary alicyclic amines) is 1. The van der Waals surface area contributed by atoms with Gasteiger partial charge in [0.2, 0.25) is 0 Å². The smallest absolute Gasteiger partial charge is 0.251 e. The number of halogens is 1. The molecule has 0 bridgehead atoms. The summed E-state index contributed by atoms with van der Waals surface area (Å²) in [6.07, 6.45) is 3.61. The molecule has 2 N–H and O–H groups in total. The second-order valence-corrected chi connectivity index (χ2v) is 6.17. The number of carbonyl (C=O) groups excluding carboxylic acids is 1. The van der Waals surface area contributed by atoms with Crippen LogP contribution in [0.2, 0.25) is 0 Å². The van der Waals surface area contributed by atoms with Gasteiger partial charge in [-0.15, -0.1) is 0 Å². The summed E-state index contributed by atoms with van der Waals surface area (Å²) in [5, 5.41) is 12.6. The molecule has 1 fully saturated rings. The highest BCUT2D eigenvalue weighted by atomic mass is 127. The van der Waals surface area contributed by atoms with E-state index in [1.807, 2.05) is 22.6 Å². The van der Waals surface area contributed by atoms with Gasteiger partial charge in [0.15, 0.2) is 0 Å². The fraction of sp³-hybridized carbons (Fsp3) is 0.500. The third kappa shape index (κ3) is 3.82. The van der Waals surface area contributed by atoms with Crippen LogP contribution in [-0.2, 0) is 0 Å².